The predicted octanol–water partition coefficient (Wildman–Crippen LogP) is 2.64. The number of halogens is 1. The summed E-state index contributed by atoms with van der Waals surface area (Å²) in [6.07, 6.45) is 3.15. The van der Waals surface area contributed by atoms with Gasteiger partial charge in [0.2, 0.25) is 0 Å². The maximum absolute atomic E-state index is 6.22. The van der Waals surface area contributed by atoms with Crippen molar-refractivity contribution in [2.24, 2.45) is 5.73 Å². The Balaban J connectivity index is 1.93. The first-order valence-corrected chi connectivity index (χ1v) is 6.78. The van der Waals surface area contributed by atoms with E-state index in [1.807, 2.05) is 12.1 Å². The maximum Gasteiger partial charge on any atom is 0.129 e. The second-order valence-corrected chi connectivity index (χ2v) is 5.40. The van der Waals surface area contributed by atoms with Crippen LogP contribution in [0.5, 0.6) is 0 Å². The van der Waals surface area contributed by atoms with Crippen LogP contribution in [0, 0.1) is 0 Å². The third-order valence-corrected chi connectivity index (χ3v) is 4.06. The van der Waals surface area contributed by atoms with Gasteiger partial charge in [-0.3, -0.25) is 0 Å². The van der Waals surface area contributed by atoms with E-state index in [0.717, 1.165) is 36.0 Å². The van der Waals surface area contributed by atoms with Crippen LogP contribution >= 0.6 is 23.3 Å². The van der Waals surface area contributed by atoms with E-state index in [2.05, 4.69) is 14.1 Å². The molecule has 6 heteroatoms. The van der Waals surface area contributed by atoms with Crippen LogP contribution in [0.25, 0.3) is 11.0 Å². The number of fused-ring (bicyclic) bond motifs is 1. The minimum Gasteiger partial charge on any atom is -0.379 e. The topological polar surface area (TPSA) is 63.8 Å². The lowest BCUT2D eigenvalue weighted by Gasteiger charge is -2.15. The normalized spacial score (nSPS) is 24.4. The fraction of sp³-hybridized carbons (Fsp3) is 0.455. The zero-order valence-electron chi connectivity index (χ0n) is 9.19. The third-order valence-electron chi connectivity index (χ3n) is 3.20. The van der Waals surface area contributed by atoms with Gasteiger partial charge in [-0.15, -0.1) is 0 Å². The fourth-order valence-electron chi connectivity index (χ4n) is 2.32. The molecule has 17 heavy (non-hydrogen) atoms. The summed E-state index contributed by atoms with van der Waals surface area (Å²) < 4.78 is 8.51. The number of nitrogens with two attached hydrogens (primary N) is 1. The molecule has 1 heterocycles. The summed E-state index contributed by atoms with van der Waals surface area (Å²) in [5.41, 5.74) is 8.57. The Hall–Kier alpha value is -0.910. The number of anilines is 1. The second kappa shape index (κ2) is 4.40. The minimum absolute atomic E-state index is 0.305. The van der Waals surface area contributed by atoms with Crippen molar-refractivity contribution in [1.29, 1.82) is 0 Å². The Morgan fingerprint density at radius 2 is 2.24 bits per heavy atom. The van der Waals surface area contributed by atoms with E-state index in [0.29, 0.717) is 17.1 Å². The molecular weight excluding hydrogens is 256 g/mol. The second-order valence-electron chi connectivity index (χ2n) is 4.47. The van der Waals surface area contributed by atoms with Crippen LogP contribution < -0.4 is 11.1 Å². The van der Waals surface area contributed by atoms with E-state index < -0.39 is 0 Å². The quantitative estimate of drug-likeness (QED) is 0.879. The molecule has 3 N–H and O–H groups in total. The monoisotopic (exact) mass is 268 g/mol. The molecule has 3 rings (SSSR count). The standard InChI is InChI=1S/C11H13ClN4S/c12-8-3-4-9-11(16-17-15-9)10(8)14-7-2-1-6(13)5-7/h3-4,6-7,14H,1-2,5,13H2. The summed E-state index contributed by atoms with van der Waals surface area (Å²) >= 11 is 7.43. The number of nitrogens with one attached hydrogen (secondary N) is 1. The lowest BCUT2D eigenvalue weighted by atomic mass is 10.2. The molecule has 2 aromatic rings. The first-order valence-electron chi connectivity index (χ1n) is 5.67. The van der Waals surface area contributed by atoms with E-state index in [1.165, 1.54) is 11.7 Å². The molecule has 1 fully saturated rings. The molecular formula is C11H13ClN4S. The van der Waals surface area contributed by atoms with Gasteiger partial charge in [0.25, 0.3) is 0 Å². The number of hydrogen-bond acceptors (Lipinski definition) is 5. The van der Waals surface area contributed by atoms with Crippen molar-refractivity contribution < 1.29 is 0 Å². The Morgan fingerprint density at radius 1 is 1.35 bits per heavy atom. The molecule has 4 nitrogen and oxygen atoms in total. The highest BCUT2D eigenvalue weighted by atomic mass is 35.5. The van der Waals surface area contributed by atoms with E-state index in [4.69, 9.17) is 17.3 Å². The van der Waals surface area contributed by atoms with Crippen molar-refractivity contribution in [3.63, 3.8) is 0 Å². The lowest BCUT2D eigenvalue weighted by Crippen LogP contribution is -2.21. The predicted molar refractivity (Wildman–Crippen MR) is 71.7 cm³/mol. The van der Waals surface area contributed by atoms with Crippen molar-refractivity contribution in [3.05, 3.63) is 17.2 Å². The van der Waals surface area contributed by atoms with Crippen LogP contribution in [0.15, 0.2) is 12.1 Å². The molecule has 0 radical (unpaired) electrons. The molecule has 0 saturated heterocycles. The Bertz CT molecular complexity index is 541. The van der Waals surface area contributed by atoms with Gasteiger partial charge in [-0.25, -0.2) is 0 Å². The van der Waals surface area contributed by atoms with Crippen LogP contribution in [0.4, 0.5) is 5.69 Å². The van der Waals surface area contributed by atoms with Gasteiger partial charge in [-0.1, -0.05) is 11.6 Å². The Morgan fingerprint density at radius 3 is 3.00 bits per heavy atom. The molecule has 0 bridgehead atoms. The van der Waals surface area contributed by atoms with Crippen molar-refractivity contribution in [2.75, 3.05) is 5.32 Å². The summed E-state index contributed by atoms with van der Waals surface area (Å²) in [6.45, 7) is 0. The van der Waals surface area contributed by atoms with Crippen molar-refractivity contribution in [2.45, 2.75) is 31.3 Å². The fourth-order valence-corrected chi connectivity index (χ4v) is 3.07. The van der Waals surface area contributed by atoms with Crippen molar-refractivity contribution >= 4 is 40.0 Å². The molecule has 90 valence electrons. The largest absolute Gasteiger partial charge is 0.379 e. The highest BCUT2D eigenvalue weighted by molar-refractivity contribution is 7.00. The van der Waals surface area contributed by atoms with E-state index in [-0.39, 0.29) is 0 Å². The summed E-state index contributed by atoms with van der Waals surface area (Å²) in [5.74, 6) is 0. The van der Waals surface area contributed by atoms with Crippen molar-refractivity contribution in [3.8, 4) is 0 Å². The van der Waals surface area contributed by atoms with Crippen molar-refractivity contribution in [1.82, 2.24) is 8.75 Å². The molecule has 1 aromatic carbocycles. The lowest BCUT2D eigenvalue weighted by molar-refractivity contribution is 0.688. The summed E-state index contributed by atoms with van der Waals surface area (Å²) in [7, 11) is 0. The summed E-state index contributed by atoms with van der Waals surface area (Å²) in [6, 6.07) is 4.46. The molecule has 1 saturated carbocycles. The van der Waals surface area contributed by atoms with Crippen LogP contribution in [0.1, 0.15) is 19.3 Å². The van der Waals surface area contributed by atoms with E-state index in [9.17, 15) is 0 Å². The minimum atomic E-state index is 0.305. The molecule has 2 atom stereocenters. The van der Waals surface area contributed by atoms with Crippen LogP contribution in [-0.2, 0) is 0 Å². The average molecular weight is 269 g/mol. The third kappa shape index (κ3) is 2.10. The highest BCUT2D eigenvalue weighted by Crippen LogP contribution is 2.32. The number of rotatable bonds is 2. The van der Waals surface area contributed by atoms with Crippen LogP contribution in [-0.4, -0.2) is 20.8 Å². The van der Waals surface area contributed by atoms with Gasteiger partial charge in [0.1, 0.15) is 11.0 Å². The van der Waals surface area contributed by atoms with Gasteiger partial charge >= 0.3 is 0 Å². The van der Waals surface area contributed by atoms with E-state index >= 15 is 0 Å². The van der Waals surface area contributed by atoms with Crippen LogP contribution in [0.3, 0.4) is 0 Å². The average Bonchev–Trinajstić information content (AvgIpc) is 2.91. The molecule has 2 unspecified atom stereocenters. The molecule has 0 aliphatic heterocycles. The Kier molecular flexibility index (Phi) is 2.90. The molecule has 1 aliphatic rings. The zero-order chi connectivity index (χ0) is 11.8. The molecule has 1 aromatic heterocycles. The maximum atomic E-state index is 6.22. The highest BCUT2D eigenvalue weighted by Gasteiger charge is 2.23. The molecule has 0 amide bonds. The van der Waals surface area contributed by atoms with Gasteiger partial charge in [-0.2, -0.15) is 8.75 Å². The summed E-state index contributed by atoms with van der Waals surface area (Å²) in [5, 5.41) is 4.16. The van der Waals surface area contributed by atoms with Crippen LogP contribution in [0.2, 0.25) is 5.02 Å². The number of hydrogen-bond donors (Lipinski definition) is 2. The van der Waals surface area contributed by atoms with E-state index in [1.54, 1.807) is 0 Å². The first-order chi connectivity index (χ1) is 8.24. The smallest absolute Gasteiger partial charge is 0.129 e. The summed E-state index contributed by atoms with van der Waals surface area (Å²) in [4.78, 5) is 0. The molecule has 0 spiro atoms. The van der Waals surface area contributed by atoms with Gasteiger partial charge in [0.05, 0.1) is 22.4 Å². The first kappa shape index (κ1) is 11.2. The number of aromatic nitrogens is 2. The van der Waals surface area contributed by atoms with Gasteiger partial charge < -0.3 is 11.1 Å². The number of nitrogens with zero attached hydrogens (tertiary/aromatic N) is 2. The van der Waals surface area contributed by atoms with Gasteiger partial charge in [0, 0.05) is 12.1 Å². The van der Waals surface area contributed by atoms with Gasteiger partial charge in [0.15, 0.2) is 0 Å². The SMILES string of the molecule is NC1CCC(Nc2c(Cl)ccc3nsnc23)C1. The zero-order valence-corrected chi connectivity index (χ0v) is 10.8. The number of benzene rings is 1. The molecule has 1 aliphatic carbocycles. The van der Waals surface area contributed by atoms with Gasteiger partial charge in [-0.05, 0) is 31.4 Å². The Labute approximate surface area is 108 Å².